The average molecular weight is 283 g/mol. The monoisotopic (exact) mass is 283 g/mol. The molecule has 0 saturated carbocycles. The van der Waals surface area contributed by atoms with Gasteiger partial charge in [0.2, 0.25) is 5.16 Å². The molecule has 0 radical (unpaired) electrons. The minimum absolute atomic E-state index is 0.541. The molecule has 0 aromatic carbocycles. The van der Waals surface area contributed by atoms with Crippen LogP contribution in [0, 0.1) is 5.92 Å². The fraction of sp³-hybridized carbons (Fsp3) is 0.636. The van der Waals surface area contributed by atoms with E-state index in [-0.39, 0.29) is 0 Å². The van der Waals surface area contributed by atoms with Crippen molar-refractivity contribution in [3.05, 3.63) is 16.1 Å². The molecule has 0 saturated heterocycles. The Kier molecular flexibility index (Phi) is 4.71. The third-order valence-corrected chi connectivity index (χ3v) is 4.32. The summed E-state index contributed by atoms with van der Waals surface area (Å²) in [6.07, 6.45) is 1.00. The number of thioether (sulfide) groups is 1. The van der Waals surface area contributed by atoms with Gasteiger partial charge in [-0.2, -0.15) is 0 Å². The van der Waals surface area contributed by atoms with Gasteiger partial charge in [-0.05, 0) is 22.8 Å². The predicted octanol–water partition coefficient (Wildman–Crippen LogP) is 2.64. The van der Waals surface area contributed by atoms with Crippen LogP contribution in [0.5, 0.6) is 0 Å². The highest BCUT2D eigenvalue weighted by Crippen LogP contribution is 2.21. The van der Waals surface area contributed by atoms with Crippen molar-refractivity contribution in [3.8, 4) is 0 Å². The molecule has 7 heteroatoms. The van der Waals surface area contributed by atoms with Gasteiger partial charge in [-0.25, -0.2) is 9.67 Å². The van der Waals surface area contributed by atoms with E-state index in [0.29, 0.717) is 5.92 Å². The van der Waals surface area contributed by atoms with Gasteiger partial charge in [0.15, 0.2) is 0 Å². The molecule has 0 fully saturated rings. The summed E-state index contributed by atoms with van der Waals surface area (Å²) < 4.78 is 1.86. The first-order valence-corrected chi connectivity index (χ1v) is 7.87. The second kappa shape index (κ2) is 6.29. The van der Waals surface area contributed by atoms with Crippen LogP contribution in [0.15, 0.2) is 10.5 Å². The molecule has 18 heavy (non-hydrogen) atoms. The molecule has 2 rings (SSSR count). The van der Waals surface area contributed by atoms with E-state index in [1.54, 1.807) is 23.1 Å². The zero-order valence-corrected chi connectivity index (χ0v) is 12.5. The van der Waals surface area contributed by atoms with E-state index in [0.717, 1.165) is 29.6 Å². The lowest BCUT2D eigenvalue weighted by Gasteiger charge is -2.05. The number of tetrazole rings is 1. The number of rotatable bonds is 6. The first kappa shape index (κ1) is 13.5. The standard InChI is InChI=1S/C11H17N5S2/c1-4-10-12-9(6-17-10)7-18-11-13-14-15-16(11)5-8(2)3/h6,8H,4-5,7H2,1-3H3. The molecule has 0 atom stereocenters. The van der Waals surface area contributed by atoms with Gasteiger partial charge in [0.25, 0.3) is 0 Å². The molecule has 0 amide bonds. The topological polar surface area (TPSA) is 56.5 Å². The number of aryl methyl sites for hydroxylation is 1. The first-order valence-electron chi connectivity index (χ1n) is 6.01. The van der Waals surface area contributed by atoms with Gasteiger partial charge in [0.05, 0.1) is 10.7 Å². The predicted molar refractivity (Wildman–Crippen MR) is 73.7 cm³/mol. The third-order valence-electron chi connectivity index (χ3n) is 2.29. The first-order chi connectivity index (χ1) is 8.69. The molecule has 98 valence electrons. The van der Waals surface area contributed by atoms with Crippen LogP contribution in [-0.4, -0.2) is 25.2 Å². The van der Waals surface area contributed by atoms with E-state index < -0.39 is 0 Å². The lowest BCUT2D eigenvalue weighted by Crippen LogP contribution is -2.07. The van der Waals surface area contributed by atoms with Crippen molar-refractivity contribution >= 4 is 23.1 Å². The van der Waals surface area contributed by atoms with Crippen LogP contribution in [0.2, 0.25) is 0 Å². The van der Waals surface area contributed by atoms with Gasteiger partial charge in [0, 0.05) is 17.7 Å². The molecule has 0 N–H and O–H groups in total. The third kappa shape index (κ3) is 3.52. The van der Waals surface area contributed by atoms with Gasteiger partial charge in [-0.1, -0.05) is 32.5 Å². The average Bonchev–Trinajstić information content (AvgIpc) is 2.94. The number of thiazole rings is 1. The summed E-state index contributed by atoms with van der Waals surface area (Å²) in [6.45, 7) is 7.29. The van der Waals surface area contributed by atoms with Crippen LogP contribution in [0.1, 0.15) is 31.5 Å². The van der Waals surface area contributed by atoms with E-state index in [9.17, 15) is 0 Å². The van der Waals surface area contributed by atoms with Crippen molar-refractivity contribution < 1.29 is 0 Å². The molecule has 0 unspecified atom stereocenters. The maximum absolute atomic E-state index is 4.54. The molecule has 0 aliphatic heterocycles. The summed E-state index contributed by atoms with van der Waals surface area (Å²) in [4.78, 5) is 4.54. The summed E-state index contributed by atoms with van der Waals surface area (Å²) in [6, 6.07) is 0. The van der Waals surface area contributed by atoms with Crippen molar-refractivity contribution in [1.29, 1.82) is 0 Å². The van der Waals surface area contributed by atoms with Crippen molar-refractivity contribution in [1.82, 2.24) is 25.2 Å². The van der Waals surface area contributed by atoms with Crippen LogP contribution >= 0.6 is 23.1 Å². The molecular weight excluding hydrogens is 266 g/mol. The highest BCUT2D eigenvalue weighted by molar-refractivity contribution is 7.98. The Morgan fingerprint density at radius 3 is 2.94 bits per heavy atom. The van der Waals surface area contributed by atoms with Gasteiger partial charge in [-0.3, -0.25) is 0 Å². The van der Waals surface area contributed by atoms with E-state index in [1.807, 2.05) is 4.68 Å². The maximum atomic E-state index is 4.54. The van der Waals surface area contributed by atoms with Crippen LogP contribution in [0.3, 0.4) is 0 Å². The minimum atomic E-state index is 0.541. The molecule has 0 aliphatic carbocycles. The highest BCUT2D eigenvalue weighted by atomic mass is 32.2. The number of hydrogen-bond donors (Lipinski definition) is 0. The Balaban J connectivity index is 1.95. The summed E-state index contributed by atoms with van der Waals surface area (Å²) in [5, 5.41) is 16.0. The zero-order chi connectivity index (χ0) is 13.0. The molecule has 0 aliphatic rings. The van der Waals surface area contributed by atoms with Crippen LogP contribution in [0.4, 0.5) is 0 Å². The minimum Gasteiger partial charge on any atom is -0.245 e. The molecular formula is C11H17N5S2. The summed E-state index contributed by atoms with van der Waals surface area (Å²) >= 11 is 3.36. The van der Waals surface area contributed by atoms with Crippen molar-refractivity contribution in [3.63, 3.8) is 0 Å². The van der Waals surface area contributed by atoms with Gasteiger partial charge in [-0.15, -0.1) is 16.4 Å². The Morgan fingerprint density at radius 1 is 1.44 bits per heavy atom. The Bertz CT molecular complexity index is 491. The summed E-state index contributed by atoms with van der Waals surface area (Å²) in [5.74, 6) is 1.37. The van der Waals surface area contributed by atoms with Crippen molar-refractivity contribution in [2.75, 3.05) is 0 Å². The molecule has 2 aromatic rings. The highest BCUT2D eigenvalue weighted by Gasteiger charge is 2.09. The van der Waals surface area contributed by atoms with Gasteiger partial charge in [0.1, 0.15) is 0 Å². The molecule has 2 heterocycles. The lowest BCUT2D eigenvalue weighted by atomic mass is 10.2. The second-order valence-corrected chi connectivity index (χ2v) is 6.30. The van der Waals surface area contributed by atoms with Crippen molar-refractivity contribution in [2.24, 2.45) is 5.92 Å². The lowest BCUT2D eigenvalue weighted by molar-refractivity contribution is 0.446. The molecule has 0 spiro atoms. The summed E-state index contributed by atoms with van der Waals surface area (Å²) in [5.41, 5.74) is 1.11. The zero-order valence-electron chi connectivity index (χ0n) is 10.8. The van der Waals surface area contributed by atoms with E-state index in [1.165, 1.54) is 5.01 Å². The molecule has 5 nitrogen and oxygen atoms in total. The molecule has 0 bridgehead atoms. The SMILES string of the molecule is CCc1nc(CSc2nnnn2CC(C)C)cs1. The second-order valence-electron chi connectivity index (χ2n) is 4.41. The number of nitrogens with zero attached hydrogens (tertiary/aromatic N) is 5. The fourth-order valence-electron chi connectivity index (χ4n) is 1.48. The Hall–Kier alpha value is -0.950. The molecule has 2 aromatic heterocycles. The quantitative estimate of drug-likeness (QED) is 0.763. The van der Waals surface area contributed by atoms with E-state index in [2.05, 4.69) is 46.7 Å². The Labute approximate surface area is 115 Å². The van der Waals surface area contributed by atoms with E-state index >= 15 is 0 Å². The largest absolute Gasteiger partial charge is 0.245 e. The Morgan fingerprint density at radius 2 is 2.28 bits per heavy atom. The normalized spacial score (nSPS) is 11.3. The van der Waals surface area contributed by atoms with Gasteiger partial charge < -0.3 is 0 Å². The van der Waals surface area contributed by atoms with E-state index in [4.69, 9.17) is 0 Å². The van der Waals surface area contributed by atoms with Crippen LogP contribution < -0.4 is 0 Å². The van der Waals surface area contributed by atoms with Crippen molar-refractivity contribution in [2.45, 2.75) is 44.6 Å². The maximum Gasteiger partial charge on any atom is 0.209 e. The smallest absolute Gasteiger partial charge is 0.209 e. The van der Waals surface area contributed by atoms with Crippen LogP contribution in [-0.2, 0) is 18.7 Å². The number of hydrogen-bond acceptors (Lipinski definition) is 6. The summed E-state index contributed by atoms with van der Waals surface area (Å²) in [7, 11) is 0. The fourth-order valence-corrected chi connectivity index (χ4v) is 3.11. The van der Waals surface area contributed by atoms with Crippen LogP contribution in [0.25, 0.3) is 0 Å². The van der Waals surface area contributed by atoms with Gasteiger partial charge >= 0.3 is 0 Å². The number of aromatic nitrogens is 5.